The van der Waals surface area contributed by atoms with Crippen LogP contribution in [-0.4, -0.2) is 37.2 Å². The summed E-state index contributed by atoms with van der Waals surface area (Å²) in [7, 11) is -4.14. The first-order valence-corrected chi connectivity index (χ1v) is 13.7. The molecule has 3 aromatic carbocycles. The Morgan fingerprint density at radius 1 is 1.06 bits per heavy atom. The van der Waals surface area contributed by atoms with Crippen LogP contribution in [0.1, 0.15) is 12.5 Å². The summed E-state index contributed by atoms with van der Waals surface area (Å²) in [5.74, 6) is -0.429. The van der Waals surface area contributed by atoms with Gasteiger partial charge in [-0.2, -0.15) is 13.5 Å². The van der Waals surface area contributed by atoms with Crippen LogP contribution in [0.5, 0.6) is 5.75 Å². The van der Waals surface area contributed by atoms with Gasteiger partial charge in [-0.25, -0.2) is 10.4 Å². The smallest absolute Gasteiger partial charge is 0.339 e. The lowest BCUT2D eigenvalue weighted by atomic mass is 10.2. The molecule has 2 amide bonds. The van der Waals surface area contributed by atoms with E-state index in [1.54, 1.807) is 18.2 Å². The highest BCUT2D eigenvalue weighted by Gasteiger charge is 2.18. The molecule has 0 aliphatic rings. The molecule has 0 unspecified atom stereocenters. The van der Waals surface area contributed by atoms with E-state index in [1.807, 2.05) is 24.3 Å². The number of amides is 2. The first-order valence-electron chi connectivity index (χ1n) is 10.5. The Hall–Kier alpha value is -3.74. The fourth-order valence-electron chi connectivity index (χ4n) is 2.98. The van der Waals surface area contributed by atoms with Gasteiger partial charge in [-0.3, -0.25) is 9.59 Å². The highest BCUT2D eigenvalue weighted by molar-refractivity contribution is 8.01. The van der Waals surface area contributed by atoms with E-state index in [2.05, 4.69) is 20.8 Å². The van der Waals surface area contributed by atoms with Crippen molar-refractivity contribution in [2.45, 2.75) is 16.2 Å². The number of hydrogen-bond donors (Lipinski definition) is 2. The fourth-order valence-corrected chi connectivity index (χ4v) is 5.80. The van der Waals surface area contributed by atoms with Crippen molar-refractivity contribution in [3.63, 3.8) is 0 Å². The Morgan fingerprint density at radius 3 is 2.53 bits per heavy atom. The number of anilines is 1. The summed E-state index contributed by atoms with van der Waals surface area (Å²) >= 11 is 2.82. The maximum atomic E-state index is 12.7. The van der Waals surface area contributed by atoms with Crippen LogP contribution in [0.3, 0.4) is 0 Å². The monoisotopic (exact) mass is 540 g/mol. The number of thiazole rings is 1. The number of rotatable bonds is 9. The molecule has 2 N–H and O–H groups in total. The number of fused-ring (bicyclic) bond motifs is 1. The summed E-state index contributed by atoms with van der Waals surface area (Å²) in [5, 5.41) is 6.50. The highest BCUT2D eigenvalue weighted by Crippen LogP contribution is 2.29. The topological polar surface area (TPSA) is 127 Å². The lowest BCUT2D eigenvalue weighted by Crippen LogP contribution is -2.19. The molecule has 0 radical (unpaired) electrons. The fraction of sp³-hybridized carbons (Fsp3) is 0.0833. The molecule has 1 aromatic heterocycles. The number of benzene rings is 3. The summed E-state index contributed by atoms with van der Waals surface area (Å²) < 4.78 is 32.6. The third kappa shape index (κ3) is 6.68. The number of hydrogen-bond acceptors (Lipinski definition) is 9. The Labute approximate surface area is 215 Å². The molecule has 0 atom stereocenters. The predicted molar refractivity (Wildman–Crippen MR) is 141 cm³/mol. The number of carbonyl (C=O) groups excluding carboxylic acids is 2. The third-order valence-electron chi connectivity index (χ3n) is 4.58. The molecule has 4 aromatic rings. The van der Waals surface area contributed by atoms with Gasteiger partial charge in [0.2, 0.25) is 5.91 Å². The van der Waals surface area contributed by atoms with Crippen LogP contribution in [0.4, 0.5) is 5.69 Å². The van der Waals surface area contributed by atoms with Crippen LogP contribution in [0.25, 0.3) is 10.2 Å². The van der Waals surface area contributed by atoms with Crippen molar-refractivity contribution in [2.24, 2.45) is 5.10 Å². The number of para-hydroxylation sites is 2. The molecular weight excluding hydrogens is 520 g/mol. The van der Waals surface area contributed by atoms with Crippen molar-refractivity contribution in [3.8, 4) is 5.75 Å². The van der Waals surface area contributed by atoms with Crippen LogP contribution in [0, 0.1) is 0 Å². The van der Waals surface area contributed by atoms with E-state index in [0.29, 0.717) is 11.3 Å². The number of nitrogens with one attached hydrogen (secondary N) is 2. The Bertz CT molecular complexity index is 1500. The summed E-state index contributed by atoms with van der Waals surface area (Å²) in [6.07, 6.45) is 1.31. The third-order valence-corrected chi connectivity index (χ3v) is 8.00. The average molecular weight is 541 g/mol. The Kier molecular flexibility index (Phi) is 7.98. The maximum absolute atomic E-state index is 12.7. The normalized spacial score (nSPS) is 11.5. The van der Waals surface area contributed by atoms with Gasteiger partial charge in [-0.05, 0) is 48.5 Å². The van der Waals surface area contributed by atoms with Crippen LogP contribution >= 0.6 is 23.1 Å². The van der Waals surface area contributed by atoms with Crippen molar-refractivity contribution in [1.82, 2.24) is 10.4 Å². The second kappa shape index (κ2) is 11.3. The van der Waals surface area contributed by atoms with E-state index in [0.717, 1.165) is 14.6 Å². The average Bonchev–Trinajstić information content (AvgIpc) is 3.27. The van der Waals surface area contributed by atoms with E-state index in [-0.39, 0.29) is 28.2 Å². The second-order valence-electron chi connectivity index (χ2n) is 7.31. The van der Waals surface area contributed by atoms with Gasteiger partial charge in [0.05, 0.1) is 22.2 Å². The number of aromatic nitrogens is 1. The molecule has 0 bridgehead atoms. The minimum atomic E-state index is -4.14. The van der Waals surface area contributed by atoms with Gasteiger partial charge in [-0.15, -0.1) is 11.3 Å². The summed E-state index contributed by atoms with van der Waals surface area (Å²) in [6, 6.07) is 19.7. The van der Waals surface area contributed by atoms with Crippen molar-refractivity contribution in [3.05, 3.63) is 78.4 Å². The molecule has 0 fully saturated rings. The number of hydrazone groups is 1. The Balaban J connectivity index is 1.36. The van der Waals surface area contributed by atoms with Crippen LogP contribution in [0.15, 0.2) is 87.1 Å². The van der Waals surface area contributed by atoms with Gasteiger partial charge in [0.1, 0.15) is 4.90 Å². The molecule has 36 heavy (non-hydrogen) atoms. The maximum Gasteiger partial charge on any atom is 0.339 e. The lowest BCUT2D eigenvalue weighted by molar-refractivity contribution is -0.118. The molecule has 0 aliphatic heterocycles. The van der Waals surface area contributed by atoms with E-state index in [9.17, 15) is 18.0 Å². The van der Waals surface area contributed by atoms with Gasteiger partial charge in [0.25, 0.3) is 5.91 Å². The minimum absolute atomic E-state index is 0.0466. The van der Waals surface area contributed by atoms with Gasteiger partial charge in [0.15, 0.2) is 10.1 Å². The van der Waals surface area contributed by atoms with Crippen LogP contribution in [0.2, 0.25) is 0 Å². The first-order chi connectivity index (χ1) is 17.3. The first kappa shape index (κ1) is 25.4. The molecule has 4 rings (SSSR count). The summed E-state index contributed by atoms with van der Waals surface area (Å²) in [6.45, 7) is 1.36. The predicted octanol–water partition coefficient (Wildman–Crippen LogP) is 4.26. The van der Waals surface area contributed by atoms with Crippen molar-refractivity contribution in [2.75, 3.05) is 11.1 Å². The van der Waals surface area contributed by atoms with E-state index >= 15 is 0 Å². The zero-order valence-electron chi connectivity index (χ0n) is 18.9. The highest BCUT2D eigenvalue weighted by atomic mass is 32.2. The number of thioether (sulfide) groups is 1. The lowest BCUT2D eigenvalue weighted by Gasteiger charge is -2.10. The zero-order valence-corrected chi connectivity index (χ0v) is 21.3. The van der Waals surface area contributed by atoms with E-state index in [4.69, 9.17) is 4.18 Å². The standard InChI is InChI=1S/C24H20N4O5S3/c1-16(29)26-18-10-12-19(13-11-18)36(31,32)33-21-8-4-2-6-17(21)14-25-28-23(30)15-34-24-27-20-7-3-5-9-22(20)35-24/h2-14H,15H2,1H3,(H,26,29)(H,28,30)/b25-14-. The molecule has 0 saturated carbocycles. The molecule has 12 heteroatoms. The van der Waals surface area contributed by atoms with Crippen LogP contribution in [-0.2, 0) is 19.7 Å². The zero-order chi connectivity index (χ0) is 25.5. The molecule has 184 valence electrons. The van der Waals surface area contributed by atoms with Crippen LogP contribution < -0.4 is 14.9 Å². The van der Waals surface area contributed by atoms with Gasteiger partial charge >= 0.3 is 10.1 Å². The molecule has 1 heterocycles. The molecule has 0 saturated heterocycles. The molecule has 0 aliphatic carbocycles. The summed E-state index contributed by atoms with van der Waals surface area (Å²) in [4.78, 5) is 27.7. The number of carbonyl (C=O) groups is 2. The number of nitrogens with zero attached hydrogens (tertiary/aromatic N) is 2. The molecule has 0 spiro atoms. The Morgan fingerprint density at radius 2 is 1.78 bits per heavy atom. The SMILES string of the molecule is CC(=O)Nc1ccc(S(=O)(=O)Oc2ccccc2/C=N\NC(=O)CSc2nc3ccccc3s2)cc1. The van der Waals surface area contributed by atoms with E-state index in [1.165, 1.54) is 66.6 Å². The second-order valence-corrected chi connectivity index (χ2v) is 11.1. The van der Waals surface area contributed by atoms with Gasteiger partial charge in [-0.1, -0.05) is 36.0 Å². The van der Waals surface area contributed by atoms with Gasteiger partial charge in [0, 0.05) is 18.2 Å². The summed E-state index contributed by atoms with van der Waals surface area (Å²) in [5.41, 5.74) is 4.13. The molecular formula is C24H20N4O5S3. The van der Waals surface area contributed by atoms with Crippen molar-refractivity contribution < 1.29 is 22.2 Å². The molecule has 9 nitrogen and oxygen atoms in total. The van der Waals surface area contributed by atoms with Gasteiger partial charge < -0.3 is 9.50 Å². The quantitative estimate of drug-likeness (QED) is 0.141. The largest absolute Gasteiger partial charge is 0.378 e. The van der Waals surface area contributed by atoms with Crippen molar-refractivity contribution >= 4 is 67.1 Å². The van der Waals surface area contributed by atoms with Crippen molar-refractivity contribution in [1.29, 1.82) is 0 Å². The minimum Gasteiger partial charge on any atom is -0.378 e. The van der Waals surface area contributed by atoms with E-state index < -0.39 is 10.1 Å².